The lowest BCUT2D eigenvalue weighted by atomic mass is 9.95. The Morgan fingerprint density at radius 2 is 1.68 bits per heavy atom. The fraction of sp³-hybridized carbons (Fsp3) is 0.118. The quantitative estimate of drug-likeness (QED) is 0.825. The molecule has 0 radical (unpaired) electrons. The first-order valence-corrected chi connectivity index (χ1v) is 7.28. The summed E-state index contributed by atoms with van der Waals surface area (Å²) in [5.41, 5.74) is -1.42. The molecule has 1 N–H and O–H groups in total. The number of hydrogen-bond donors (Lipinski definition) is 1. The molecule has 25 heavy (non-hydrogen) atoms. The molecule has 8 heteroatoms. The normalized spacial score (nSPS) is 12.1. The monoisotopic (exact) mass is 366 g/mol. The van der Waals surface area contributed by atoms with Crippen LogP contribution < -0.4 is 5.32 Å². The number of amides is 1. The maximum absolute atomic E-state index is 12.9. The van der Waals surface area contributed by atoms with Crippen molar-refractivity contribution in [3.63, 3.8) is 0 Å². The largest absolute Gasteiger partial charge is 0.418 e. The predicted molar refractivity (Wildman–Crippen MR) is 84.9 cm³/mol. The number of halogens is 4. The number of nitriles is 1. The van der Waals surface area contributed by atoms with E-state index in [1.165, 1.54) is 30.3 Å². The maximum atomic E-state index is 12.9. The van der Waals surface area contributed by atoms with Gasteiger partial charge in [0.15, 0.2) is 0 Å². The smallest absolute Gasteiger partial charge is 0.319 e. The molecular formula is C17H10ClF3N2O2. The summed E-state index contributed by atoms with van der Waals surface area (Å²) in [5, 5.41) is 11.5. The number of nitrogens with zero attached hydrogens (tertiary/aromatic N) is 1. The summed E-state index contributed by atoms with van der Waals surface area (Å²) in [5.74, 6) is -3.92. The first-order chi connectivity index (χ1) is 11.7. The molecule has 128 valence electrons. The van der Waals surface area contributed by atoms with Crippen LogP contribution in [-0.2, 0) is 15.8 Å². The highest BCUT2D eigenvalue weighted by atomic mass is 35.5. The summed E-state index contributed by atoms with van der Waals surface area (Å²) in [6, 6.07) is 11.6. The summed E-state index contributed by atoms with van der Waals surface area (Å²) >= 11 is 5.72. The van der Waals surface area contributed by atoms with Crippen LogP contribution in [0, 0.1) is 11.3 Å². The Morgan fingerprint density at radius 3 is 2.24 bits per heavy atom. The zero-order chi connectivity index (χ0) is 18.6. The van der Waals surface area contributed by atoms with Crippen molar-refractivity contribution in [2.75, 3.05) is 5.32 Å². The van der Waals surface area contributed by atoms with E-state index in [9.17, 15) is 22.8 Å². The van der Waals surface area contributed by atoms with Gasteiger partial charge in [0.2, 0.25) is 5.78 Å². The minimum Gasteiger partial charge on any atom is -0.319 e. The summed E-state index contributed by atoms with van der Waals surface area (Å²) in [6.07, 6.45) is -4.70. The fourth-order valence-corrected chi connectivity index (χ4v) is 2.22. The van der Waals surface area contributed by atoms with Gasteiger partial charge in [-0.3, -0.25) is 9.59 Å². The minimum atomic E-state index is -4.70. The van der Waals surface area contributed by atoms with E-state index < -0.39 is 35.0 Å². The second-order valence-corrected chi connectivity index (χ2v) is 5.41. The average Bonchev–Trinajstić information content (AvgIpc) is 2.56. The Labute approximate surface area is 145 Å². The highest BCUT2D eigenvalue weighted by molar-refractivity contribution is 6.43. The van der Waals surface area contributed by atoms with Crippen molar-refractivity contribution in [2.45, 2.75) is 12.1 Å². The van der Waals surface area contributed by atoms with E-state index >= 15 is 0 Å². The van der Waals surface area contributed by atoms with Gasteiger partial charge in [-0.1, -0.05) is 35.9 Å². The number of hydrogen-bond acceptors (Lipinski definition) is 3. The number of para-hydroxylation sites is 1. The number of Topliss-reactive ketones (excluding diaryl/α,β-unsaturated/α-hetero) is 1. The van der Waals surface area contributed by atoms with Crippen LogP contribution in [0.3, 0.4) is 0 Å². The summed E-state index contributed by atoms with van der Waals surface area (Å²) in [7, 11) is 0. The molecule has 0 heterocycles. The third-order valence-electron chi connectivity index (χ3n) is 3.30. The molecule has 0 aliphatic heterocycles. The standard InChI is InChI=1S/C17H10ClF3N2O2/c18-11-7-5-10(6-8-11)12(9-22)15(24)16(25)23-14-4-2-1-3-13(14)17(19,20)21/h1-8,12H,(H,23,25)/t12-/m0/s1. The molecule has 0 saturated heterocycles. The van der Waals surface area contributed by atoms with Crippen LogP contribution in [0.25, 0.3) is 0 Å². The van der Waals surface area contributed by atoms with Crippen LogP contribution >= 0.6 is 11.6 Å². The fourth-order valence-electron chi connectivity index (χ4n) is 2.09. The number of nitrogens with one attached hydrogen (secondary N) is 1. The first kappa shape index (κ1) is 18.5. The molecule has 4 nitrogen and oxygen atoms in total. The highest BCUT2D eigenvalue weighted by Gasteiger charge is 2.35. The Morgan fingerprint density at radius 1 is 1.08 bits per heavy atom. The van der Waals surface area contributed by atoms with Crippen LogP contribution in [-0.4, -0.2) is 11.7 Å². The molecule has 2 aromatic carbocycles. The molecule has 0 bridgehead atoms. The lowest BCUT2D eigenvalue weighted by Crippen LogP contribution is -2.28. The van der Waals surface area contributed by atoms with Crippen molar-refractivity contribution in [3.8, 4) is 6.07 Å². The number of carbonyl (C=O) groups excluding carboxylic acids is 2. The van der Waals surface area contributed by atoms with Crippen molar-refractivity contribution in [2.24, 2.45) is 0 Å². The van der Waals surface area contributed by atoms with Gasteiger partial charge in [-0.25, -0.2) is 0 Å². The third kappa shape index (κ3) is 4.37. The van der Waals surface area contributed by atoms with E-state index in [4.69, 9.17) is 16.9 Å². The van der Waals surface area contributed by atoms with Crippen molar-refractivity contribution >= 4 is 29.0 Å². The highest BCUT2D eigenvalue weighted by Crippen LogP contribution is 2.34. The van der Waals surface area contributed by atoms with Crippen LogP contribution in [0.1, 0.15) is 17.0 Å². The SMILES string of the molecule is N#C[C@H](C(=O)C(=O)Nc1ccccc1C(F)(F)F)c1ccc(Cl)cc1. The Kier molecular flexibility index (Phi) is 5.45. The van der Waals surface area contributed by atoms with Gasteiger partial charge >= 0.3 is 6.18 Å². The summed E-state index contributed by atoms with van der Waals surface area (Å²) in [6.45, 7) is 0. The van der Waals surface area contributed by atoms with Gasteiger partial charge in [-0.05, 0) is 29.8 Å². The Hall–Kier alpha value is -2.85. The summed E-state index contributed by atoms with van der Waals surface area (Å²) in [4.78, 5) is 24.2. The van der Waals surface area contributed by atoms with Crippen molar-refractivity contribution < 1.29 is 22.8 Å². The number of ketones is 1. The lowest BCUT2D eigenvalue weighted by Gasteiger charge is -2.14. The molecule has 0 aliphatic carbocycles. The zero-order valence-electron chi connectivity index (χ0n) is 12.5. The topological polar surface area (TPSA) is 70.0 Å². The third-order valence-corrected chi connectivity index (χ3v) is 3.55. The van der Waals surface area contributed by atoms with Gasteiger partial charge in [-0.2, -0.15) is 18.4 Å². The predicted octanol–water partition coefficient (Wildman–Crippen LogP) is 4.17. The minimum absolute atomic E-state index is 0.219. The molecular weight excluding hydrogens is 357 g/mol. The maximum Gasteiger partial charge on any atom is 0.418 e. The number of benzene rings is 2. The molecule has 2 rings (SSSR count). The molecule has 2 aromatic rings. The van der Waals surface area contributed by atoms with Crippen molar-refractivity contribution in [1.29, 1.82) is 5.26 Å². The van der Waals surface area contributed by atoms with E-state index in [0.29, 0.717) is 5.02 Å². The molecule has 1 amide bonds. The van der Waals surface area contributed by atoms with E-state index in [2.05, 4.69) is 0 Å². The molecule has 0 aliphatic rings. The number of alkyl halides is 3. The van der Waals surface area contributed by atoms with Gasteiger partial charge in [0.1, 0.15) is 5.92 Å². The number of carbonyl (C=O) groups is 2. The van der Waals surface area contributed by atoms with Gasteiger partial charge in [0, 0.05) is 5.02 Å². The van der Waals surface area contributed by atoms with E-state index in [0.717, 1.165) is 18.2 Å². The van der Waals surface area contributed by atoms with Crippen LogP contribution in [0.2, 0.25) is 5.02 Å². The zero-order valence-corrected chi connectivity index (χ0v) is 13.2. The van der Waals surface area contributed by atoms with Gasteiger partial charge in [0.25, 0.3) is 5.91 Å². The Bertz CT molecular complexity index is 842. The van der Waals surface area contributed by atoms with Gasteiger partial charge in [-0.15, -0.1) is 0 Å². The van der Waals surface area contributed by atoms with E-state index in [-0.39, 0.29) is 5.56 Å². The van der Waals surface area contributed by atoms with E-state index in [1.807, 2.05) is 5.32 Å². The molecule has 0 spiro atoms. The lowest BCUT2D eigenvalue weighted by molar-refractivity contribution is -0.137. The second kappa shape index (κ2) is 7.36. The molecule has 1 atom stereocenters. The van der Waals surface area contributed by atoms with Crippen LogP contribution in [0.4, 0.5) is 18.9 Å². The molecule has 0 aromatic heterocycles. The van der Waals surface area contributed by atoms with Crippen LogP contribution in [0.15, 0.2) is 48.5 Å². The number of rotatable bonds is 4. The molecule has 0 unspecified atom stereocenters. The van der Waals surface area contributed by atoms with Gasteiger partial charge in [0.05, 0.1) is 17.3 Å². The van der Waals surface area contributed by atoms with Crippen molar-refractivity contribution in [1.82, 2.24) is 0 Å². The van der Waals surface area contributed by atoms with Crippen LogP contribution in [0.5, 0.6) is 0 Å². The molecule has 0 saturated carbocycles. The first-order valence-electron chi connectivity index (χ1n) is 6.90. The summed E-state index contributed by atoms with van der Waals surface area (Å²) < 4.78 is 38.8. The second-order valence-electron chi connectivity index (χ2n) is 4.98. The van der Waals surface area contributed by atoms with Crippen molar-refractivity contribution in [3.05, 3.63) is 64.7 Å². The number of anilines is 1. The average molecular weight is 367 g/mol. The molecule has 0 fully saturated rings. The Balaban J connectivity index is 2.25. The van der Waals surface area contributed by atoms with Gasteiger partial charge < -0.3 is 5.32 Å². The van der Waals surface area contributed by atoms with E-state index in [1.54, 1.807) is 6.07 Å².